The third-order valence-corrected chi connectivity index (χ3v) is 4.84. The van der Waals surface area contributed by atoms with Crippen LogP contribution in [0.4, 0.5) is 4.39 Å². The van der Waals surface area contributed by atoms with Crippen LogP contribution in [0.5, 0.6) is 0 Å². The molecule has 2 heterocycles. The van der Waals surface area contributed by atoms with Gasteiger partial charge in [0.25, 0.3) is 0 Å². The lowest BCUT2D eigenvalue weighted by Crippen LogP contribution is -2.23. The van der Waals surface area contributed by atoms with Gasteiger partial charge in [-0.1, -0.05) is 0 Å². The summed E-state index contributed by atoms with van der Waals surface area (Å²) >= 11 is 0. The minimum atomic E-state index is -3.71. The number of nitrogens with one attached hydrogen (secondary N) is 1. The number of rotatable bonds is 5. The molecule has 0 atom stereocenters. The Kier molecular flexibility index (Phi) is 4.41. The zero-order valence-corrected chi connectivity index (χ0v) is 13.7. The average molecular weight is 346 g/mol. The van der Waals surface area contributed by atoms with E-state index in [-0.39, 0.29) is 11.4 Å². The van der Waals surface area contributed by atoms with E-state index in [1.165, 1.54) is 12.1 Å². The Bertz CT molecular complexity index is 952. The maximum atomic E-state index is 12.9. The molecule has 1 N–H and O–H groups in total. The summed E-state index contributed by atoms with van der Waals surface area (Å²) in [6, 6.07) is 6.51. The number of benzene rings is 1. The molecule has 0 saturated carbocycles. The Morgan fingerprint density at radius 1 is 1.12 bits per heavy atom. The van der Waals surface area contributed by atoms with Gasteiger partial charge in [-0.05, 0) is 35.9 Å². The zero-order chi connectivity index (χ0) is 17.2. The van der Waals surface area contributed by atoms with Crippen molar-refractivity contribution in [3.05, 3.63) is 66.5 Å². The molecule has 124 valence electrons. The van der Waals surface area contributed by atoms with Gasteiger partial charge in [-0.15, -0.1) is 0 Å². The first kappa shape index (κ1) is 16.3. The van der Waals surface area contributed by atoms with Crippen molar-refractivity contribution in [3.63, 3.8) is 0 Å². The van der Waals surface area contributed by atoms with E-state index < -0.39 is 15.8 Å². The highest BCUT2D eigenvalue weighted by Crippen LogP contribution is 2.18. The Morgan fingerprint density at radius 3 is 2.54 bits per heavy atom. The number of halogens is 1. The first-order chi connectivity index (χ1) is 11.4. The predicted molar refractivity (Wildman–Crippen MR) is 86.9 cm³/mol. The van der Waals surface area contributed by atoms with Crippen LogP contribution in [0.25, 0.3) is 11.1 Å². The van der Waals surface area contributed by atoms with E-state index in [9.17, 15) is 12.8 Å². The number of hydrogen-bond acceptors (Lipinski definition) is 4. The molecule has 0 aliphatic heterocycles. The van der Waals surface area contributed by atoms with E-state index in [0.29, 0.717) is 5.56 Å². The molecular weight excluding hydrogens is 331 g/mol. The maximum absolute atomic E-state index is 12.9. The van der Waals surface area contributed by atoms with Gasteiger partial charge in [0.1, 0.15) is 5.82 Å². The summed E-state index contributed by atoms with van der Waals surface area (Å²) < 4.78 is 41.5. The second-order valence-corrected chi connectivity index (χ2v) is 7.03. The molecule has 1 aromatic carbocycles. The molecule has 2 aromatic heterocycles. The number of sulfonamides is 1. The number of aryl methyl sites for hydroxylation is 1. The molecule has 0 aliphatic carbocycles. The number of pyridine rings is 1. The summed E-state index contributed by atoms with van der Waals surface area (Å²) in [5.74, 6) is -0.484. The van der Waals surface area contributed by atoms with Crippen LogP contribution in [0, 0.1) is 5.82 Å². The zero-order valence-electron chi connectivity index (χ0n) is 12.8. The van der Waals surface area contributed by atoms with Crippen LogP contribution in [0.2, 0.25) is 0 Å². The monoisotopic (exact) mass is 346 g/mol. The molecule has 0 saturated heterocycles. The summed E-state index contributed by atoms with van der Waals surface area (Å²) in [7, 11) is -1.89. The topological polar surface area (TPSA) is 76.9 Å². The fourth-order valence-electron chi connectivity index (χ4n) is 2.19. The quantitative estimate of drug-likeness (QED) is 0.767. The van der Waals surface area contributed by atoms with Crippen molar-refractivity contribution in [1.82, 2.24) is 19.5 Å². The standard InChI is InChI=1S/C16H15FN4O2S/c1-21-11-14(10-19-21)13-6-12(7-18-9-13)8-20-24(22,23)16-4-2-15(17)3-5-16/h2-7,9-11,20H,8H2,1H3. The normalized spacial score (nSPS) is 11.6. The number of hydrogen-bond donors (Lipinski definition) is 1. The van der Waals surface area contributed by atoms with Crippen LogP contribution in [0.3, 0.4) is 0 Å². The molecular formula is C16H15FN4O2S. The molecule has 0 spiro atoms. The largest absolute Gasteiger partial charge is 0.275 e. The summed E-state index contributed by atoms with van der Waals surface area (Å²) in [5.41, 5.74) is 2.46. The lowest BCUT2D eigenvalue weighted by atomic mass is 10.1. The molecule has 24 heavy (non-hydrogen) atoms. The Morgan fingerprint density at radius 2 is 1.88 bits per heavy atom. The van der Waals surface area contributed by atoms with Gasteiger partial charge in [-0.3, -0.25) is 9.67 Å². The third kappa shape index (κ3) is 3.66. The minimum absolute atomic E-state index is 0.0141. The van der Waals surface area contributed by atoms with Gasteiger partial charge in [0.15, 0.2) is 0 Å². The van der Waals surface area contributed by atoms with Crippen LogP contribution in [-0.2, 0) is 23.6 Å². The first-order valence-corrected chi connectivity index (χ1v) is 8.60. The van der Waals surface area contributed by atoms with Crippen molar-refractivity contribution in [2.75, 3.05) is 0 Å². The molecule has 3 aromatic rings. The third-order valence-electron chi connectivity index (χ3n) is 3.42. The second kappa shape index (κ2) is 6.50. The Labute approximate surface area is 139 Å². The van der Waals surface area contributed by atoms with Gasteiger partial charge in [-0.25, -0.2) is 17.5 Å². The van der Waals surface area contributed by atoms with E-state index in [1.54, 1.807) is 23.3 Å². The fraction of sp³-hybridized carbons (Fsp3) is 0.125. The molecule has 0 fully saturated rings. The molecule has 0 amide bonds. The van der Waals surface area contributed by atoms with Crippen LogP contribution in [0.15, 0.2) is 60.0 Å². The molecule has 6 nitrogen and oxygen atoms in total. The summed E-state index contributed by atoms with van der Waals surface area (Å²) in [5, 5.41) is 4.10. The highest BCUT2D eigenvalue weighted by atomic mass is 32.2. The first-order valence-electron chi connectivity index (χ1n) is 7.12. The molecule has 8 heteroatoms. The summed E-state index contributed by atoms with van der Waals surface area (Å²) in [6.07, 6.45) is 6.84. The maximum Gasteiger partial charge on any atom is 0.240 e. The van der Waals surface area contributed by atoms with E-state index in [2.05, 4.69) is 14.8 Å². The number of nitrogens with zero attached hydrogens (tertiary/aromatic N) is 3. The Hall–Kier alpha value is -2.58. The van der Waals surface area contributed by atoms with Crippen molar-refractivity contribution in [3.8, 4) is 11.1 Å². The van der Waals surface area contributed by atoms with E-state index in [4.69, 9.17) is 0 Å². The van der Waals surface area contributed by atoms with Gasteiger partial charge >= 0.3 is 0 Å². The second-order valence-electron chi connectivity index (χ2n) is 5.26. The molecule has 0 bridgehead atoms. The van der Waals surface area contributed by atoms with Crippen LogP contribution < -0.4 is 4.72 Å². The van der Waals surface area contributed by atoms with Crippen LogP contribution >= 0.6 is 0 Å². The van der Waals surface area contributed by atoms with E-state index in [0.717, 1.165) is 23.3 Å². The van der Waals surface area contributed by atoms with Gasteiger partial charge < -0.3 is 0 Å². The van der Waals surface area contributed by atoms with E-state index >= 15 is 0 Å². The lowest BCUT2D eigenvalue weighted by molar-refractivity contribution is 0.580. The molecule has 3 rings (SSSR count). The van der Waals surface area contributed by atoms with Crippen molar-refractivity contribution in [2.45, 2.75) is 11.4 Å². The van der Waals surface area contributed by atoms with Gasteiger partial charge in [0.05, 0.1) is 11.1 Å². The molecule has 0 radical (unpaired) electrons. The Balaban J connectivity index is 1.76. The highest BCUT2D eigenvalue weighted by molar-refractivity contribution is 7.89. The van der Waals surface area contributed by atoms with Crippen molar-refractivity contribution in [2.24, 2.45) is 7.05 Å². The highest BCUT2D eigenvalue weighted by Gasteiger charge is 2.14. The fourth-order valence-corrected chi connectivity index (χ4v) is 3.21. The average Bonchev–Trinajstić information content (AvgIpc) is 3.00. The van der Waals surface area contributed by atoms with Crippen molar-refractivity contribution >= 4 is 10.0 Å². The van der Waals surface area contributed by atoms with Crippen LogP contribution in [0.1, 0.15) is 5.56 Å². The smallest absolute Gasteiger partial charge is 0.240 e. The lowest BCUT2D eigenvalue weighted by Gasteiger charge is -2.07. The van der Waals surface area contributed by atoms with Gasteiger partial charge in [0, 0.05) is 43.3 Å². The predicted octanol–water partition coefficient (Wildman–Crippen LogP) is 2.10. The minimum Gasteiger partial charge on any atom is -0.275 e. The molecule has 0 aliphatic rings. The SMILES string of the molecule is Cn1cc(-c2cncc(CNS(=O)(=O)c3ccc(F)cc3)c2)cn1. The van der Waals surface area contributed by atoms with Gasteiger partial charge in [0.2, 0.25) is 10.0 Å². The number of aromatic nitrogens is 3. The van der Waals surface area contributed by atoms with Crippen molar-refractivity contribution < 1.29 is 12.8 Å². The van der Waals surface area contributed by atoms with E-state index in [1.807, 2.05) is 19.3 Å². The summed E-state index contributed by atoms with van der Waals surface area (Å²) in [4.78, 5) is 4.15. The van der Waals surface area contributed by atoms with Crippen molar-refractivity contribution in [1.29, 1.82) is 0 Å². The summed E-state index contributed by atoms with van der Waals surface area (Å²) in [6.45, 7) is 0.0841. The molecule has 0 unspecified atom stereocenters. The van der Waals surface area contributed by atoms with Crippen LogP contribution in [-0.4, -0.2) is 23.2 Å². The van der Waals surface area contributed by atoms with Gasteiger partial charge in [-0.2, -0.15) is 5.10 Å².